The first-order valence-corrected chi connectivity index (χ1v) is 9.67. The average Bonchev–Trinajstić information content (AvgIpc) is 3.25. The van der Waals surface area contributed by atoms with E-state index in [1.807, 2.05) is 36.4 Å². The van der Waals surface area contributed by atoms with E-state index in [9.17, 15) is 0 Å². The zero-order chi connectivity index (χ0) is 19.6. The van der Waals surface area contributed by atoms with Crippen molar-refractivity contribution in [3.05, 3.63) is 48.2 Å². The summed E-state index contributed by atoms with van der Waals surface area (Å²) < 4.78 is 16.5. The number of aliphatic imine (C=N–C) groups is 1. The first-order valence-electron chi connectivity index (χ1n) is 9.67. The Morgan fingerprint density at radius 1 is 1.18 bits per heavy atom. The SMILES string of the molecule is CCNC(=NCc1ccc(Oc2ccc(OC)cc2)nc1)NCC1CCCO1. The second-order valence-corrected chi connectivity index (χ2v) is 6.49. The van der Waals surface area contributed by atoms with Gasteiger partial charge in [-0.2, -0.15) is 0 Å². The van der Waals surface area contributed by atoms with E-state index >= 15 is 0 Å². The zero-order valence-electron chi connectivity index (χ0n) is 16.5. The first kappa shape index (κ1) is 19.9. The Morgan fingerprint density at radius 3 is 2.64 bits per heavy atom. The number of aromatic nitrogens is 1. The molecule has 1 aliphatic heterocycles. The van der Waals surface area contributed by atoms with Crippen LogP contribution >= 0.6 is 0 Å². The van der Waals surface area contributed by atoms with Crippen molar-refractivity contribution in [1.82, 2.24) is 15.6 Å². The Morgan fingerprint density at radius 2 is 2.00 bits per heavy atom. The van der Waals surface area contributed by atoms with Gasteiger partial charge >= 0.3 is 0 Å². The molecule has 2 aromatic rings. The van der Waals surface area contributed by atoms with Crippen molar-refractivity contribution in [1.29, 1.82) is 0 Å². The lowest BCUT2D eigenvalue weighted by Gasteiger charge is -2.14. The smallest absolute Gasteiger partial charge is 0.219 e. The number of ether oxygens (including phenoxy) is 3. The largest absolute Gasteiger partial charge is 0.497 e. The van der Waals surface area contributed by atoms with Crippen LogP contribution in [-0.2, 0) is 11.3 Å². The average molecular weight is 384 g/mol. The molecular weight excluding hydrogens is 356 g/mol. The van der Waals surface area contributed by atoms with E-state index in [1.165, 1.54) is 0 Å². The van der Waals surface area contributed by atoms with Crippen molar-refractivity contribution in [2.45, 2.75) is 32.4 Å². The summed E-state index contributed by atoms with van der Waals surface area (Å²) in [6.45, 7) is 5.03. The number of hydrogen-bond donors (Lipinski definition) is 2. The minimum atomic E-state index is 0.278. The highest BCUT2D eigenvalue weighted by atomic mass is 16.5. The summed E-state index contributed by atoms with van der Waals surface area (Å²) in [6, 6.07) is 11.2. The molecule has 0 aliphatic carbocycles. The van der Waals surface area contributed by atoms with Gasteiger partial charge in [-0.3, -0.25) is 0 Å². The van der Waals surface area contributed by atoms with E-state index in [0.29, 0.717) is 18.2 Å². The van der Waals surface area contributed by atoms with Crippen LogP contribution in [0.3, 0.4) is 0 Å². The molecule has 7 nitrogen and oxygen atoms in total. The van der Waals surface area contributed by atoms with Crippen LogP contribution in [0.1, 0.15) is 25.3 Å². The minimum Gasteiger partial charge on any atom is -0.497 e. The van der Waals surface area contributed by atoms with E-state index in [2.05, 4.69) is 27.5 Å². The van der Waals surface area contributed by atoms with Crippen LogP contribution in [0.15, 0.2) is 47.6 Å². The van der Waals surface area contributed by atoms with E-state index in [1.54, 1.807) is 13.3 Å². The van der Waals surface area contributed by atoms with Gasteiger partial charge in [-0.05, 0) is 49.6 Å². The normalized spacial score (nSPS) is 16.6. The van der Waals surface area contributed by atoms with Crippen LogP contribution in [0.2, 0.25) is 0 Å². The highest BCUT2D eigenvalue weighted by molar-refractivity contribution is 5.79. The molecule has 1 aliphatic rings. The summed E-state index contributed by atoms with van der Waals surface area (Å²) in [5.74, 6) is 2.84. The Kier molecular flexibility index (Phi) is 7.49. The monoisotopic (exact) mass is 384 g/mol. The second kappa shape index (κ2) is 10.5. The molecule has 1 saturated heterocycles. The second-order valence-electron chi connectivity index (χ2n) is 6.49. The predicted molar refractivity (Wildman–Crippen MR) is 109 cm³/mol. The summed E-state index contributed by atoms with van der Waals surface area (Å²) >= 11 is 0. The molecule has 1 atom stereocenters. The Labute approximate surface area is 166 Å². The van der Waals surface area contributed by atoms with Gasteiger partial charge in [0, 0.05) is 32.0 Å². The third-order valence-corrected chi connectivity index (χ3v) is 4.36. The number of hydrogen-bond acceptors (Lipinski definition) is 5. The molecule has 0 amide bonds. The van der Waals surface area contributed by atoms with Gasteiger partial charge in [0.05, 0.1) is 19.8 Å². The highest BCUT2D eigenvalue weighted by Gasteiger charge is 2.15. The van der Waals surface area contributed by atoms with Gasteiger partial charge in [-0.1, -0.05) is 6.07 Å². The number of benzene rings is 1. The molecule has 0 bridgehead atoms. The van der Waals surface area contributed by atoms with Crippen LogP contribution in [-0.4, -0.2) is 43.9 Å². The maximum Gasteiger partial charge on any atom is 0.219 e. The van der Waals surface area contributed by atoms with Crippen molar-refractivity contribution in [2.24, 2.45) is 4.99 Å². The van der Waals surface area contributed by atoms with Gasteiger partial charge in [0.25, 0.3) is 0 Å². The fraction of sp³-hybridized carbons (Fsp3) is 0.429. The number of pyridine rings is 1. The molecule has 0 saturated carbocycles. The quantitative estimate of drug-likeness (QED) is 0.538. The van der Waals surface area contributed by atoms with Crippen molar-refractivity contribution >= 4 is 5.96 Å². The van der Waals surface area contributed by atoms with Crippen LogP contribution in [0.5, 0.6) is 17.4 Å². The molecule has 7 heteroatoms. The van der Waals surface area contributed by atoms with Gasteiger partial charge in [0.1, 0.15) is 11.5 Å². The minimum absolute atomic E-state index is 0.278. The molecule has 1 unspecified atom stereocenters. The zero-order valence-corrected chi connectivity index (χ0v) is 16.5. The number of nitrogens with one attached hydrogen (secondary N) is 2. The molecule has 2 N–H and O–H groups in total. The lowest BCUT2D eigenvalue weighted by molar-refractivity contribution is 0.114. The summed E-state index contributed by atoms with van der Waals surface area (Å²) in [7, 11) is 1.64. The van der Waals surface area contributed by atoms with Crippen LogP contribution in [0.25, 0.3) is 0 Å². The number of nitrogens with zero attached hydrogens (tertiary/aromatic N) is 2. The summed E-state index contributed by atoms with van der Waals surface area (Å²) in [5, 5.41) is 6.60. The Bertz CT molecular complexity index is 741. The predicted octanol–water partition coefficient (Wildman–Crippen LogP) is 3.12. The standard InChI is InChI=1S/C21H28N4O3/c1-3-22-21(25-15-19-5-4-12-27-19)24-14-16-6-11-20(23-13-16)28-18-9-7-17(26-2)8-10-18/h6-11,13,19H,3-5,12,14-15H2,1-2H3,(H2,22,24,25). The highest BCUT2D eigenvalue weighted by Crippen LogP contribution is 2.22. The fourth-order valence-corrected chi connectivity index (χ4v) is 2.86. The Hall–Kier alpha value is -2.80. The molecule has 150 valence electrons. The van der Waals surface area contributed by atoms with Crippen molar-refractivity contribution < 1.29 is 14.2 Å². The van der Waals surface area contributed by atoms with Crippen LogP contribution in [0, 0.1) is 0 Å². The molecule has 0 spiro atoms. The molecule has 3 rings (SSSR count). The van der Waals surface area contributed by atoms with E-state index in [0.717, 1.165) is 49.8 Å². The molecule has 28 heavy (non-hydrogen) atoms. The third-order valence-electron chi connectivity index (χ3n) is 4.36. The van der Waals surface area contributed by atoms with E-state index in [-0.39, 0.29) is 6.10 Å². The number of guanidine groups is 1. The third kappa shape index (κ3) is 6.13. The molecule has 0 radical (unpaired) electrons. The molecule has 1 aromatic carbocycles. The fourth-order valence-electron chi connectivity index (χ4n) is 2.86. The maximum atomic E-state index is 5.75. The van der Waals surface area contributed by atoms with Gasteiger partial charge in [-0.25, -0.2) is 9.98 Å². The van der Waals surface area contributed by atoms with Gasteiger partial charge in [-0.15, -0.1) is 0 Å². The topological polar surface area (TPSA) is 77.0 Å². The van der Waals surface area contributed by atoms with Crippen molar-refractivity contribution in [3.8, 4) is 17.4 Å². The summed E-state index contributed by atoms with van der Waals surface area (Å²) in [4.78, 5) is 8.99. The van der Waals surface area contributed by atoms with Crippen LogP contribution < -0.4 is 20.1 Å². The van der Waals surface area contributed by atoms with Crippen LogP contribution in [0.4, 0.5) is 0 Å². The molecule has 1 fully saturated rings. The molecular formula is C21H28N4O3. The van der Waals surface area contributed by atoms with E-state index in [4.69, 9.17) is 14.2 Å². The Balaban J connectivity index is 1.52. The summed E-state index contributed by atoms with van der Waals surface area (Å²) in [6.07, 6.45) is 4.30. The molecule has 1 aromatic heterocycles. The number of methoxy groups -OCH3 is 1. The van der Waals surface area contributed by atoms with Gasteiger partial charge in [0.2, 0.25) is 5.88 Å². The lowest BCUT2D eigenvalue weighted by atomic mass is 10.2. The number of rotatable bonds is 8. The van der Waals surface area contributed by atoms with Crippen molar-refractivity contribution in [2.75, 3.05) is 26.8 Å². The molecule has 2 heterocycles. The summed E-state index contributed by atoms with van der Waals surface area (Å²) in [5.41, 5.74) is 1.01. The van der Waals surface area contributed by atoms with Gasteiger partial charge in [0.15, 0.2) is 5.96 Å². The van der Waals surface area contributed by atoms with Crippen molar-refractivity contribution in [3.63, 3.8) is 0 Å². The lowest BCUT2D eigenvalue weighted by Crippen LogP contribution is -2.41. The van der Waals surface area contributed by atoms with Gasteiger partial charge < -0.3 is 24.8 Å². The first-order chi connectivity index (χ1) is 13.8. The van der Waals surface area contributed by atoms with E-state index < -0.39 is 0 Å². The maximum absolute atomic E-state index is 5.75.